The van der Waals surface area contributed by atoms with E-state index in [0.29, 0.717) is 5.92 Å². The molecule has 0 unspecified atom stereocenters. The van der Waals surface area contributed by atoms with Crippen LogP contribution in [0.1, 0.15) is 53.9 Å². The fourth-order valence-electron chi connectivity index (χ4n) is 5.52. The molecule has 0 bridgehead atoms. The molecule has 7 atom stereocenters. The Balaban J connectivity index is 1.81. The van der Waals surface area contributed by atoms with Gasteiger partial charge in [-0.05, 0) is 51.0 Å². The Morgan fingerprint density at radius 2 is 2.00 bits per heavy atom. The molecular formula is C24H33NO4. The summed E-state index contributed by atoms with van der Waals surface area (Å²) in [6, 6.07) is -0.00168. The van der Waals surface area contributed by atoms with E-state index in [-0.39, 0.29) is 41.9 Å². The fraction of sp³-hybridized carbons (Fsp3) is 0.667. The van der Waals surface area contributed by atoms with Gasteiger partial charge in [0.05, 0.1) is 6.10 Å². The van der Waals surface area contributed by atoms with Gasteiger partial charge in [0.15, 0.2) is 0 Å². The van der Waals surface area contributed by atoms with Gasteiger partial charge < -0.3 is 14.8 Å². The minimum atomic E-state index is -1.19. The zero-order valence-corrected chi connectivity index (χ0v) is 18.1. The predicted molar refractivity (Wildman–Crippen MR) is 111 cm³/mol. The number of carbonyl (C=O) groups is 2. The van der Waals surface area contributed by atoms with E-state index in [4.69, 9.17) is 9.47 Å². The topological polar surface area (TPSA) is 67.9 Å². The summed E-state index contributed by atoms with van der Waals surface area (Å²) in [6.07, 6.45) is 10.4. The van der Waals surface area contributed by atoms with Crippen molar-refractivity contribution in [3.8, 4) is 0 Å². The lowest BCUT2D eigenvalue weighted by Crippen LogP contribution is -2.56. The zero-order chi connectivity index (χ0) is 20.9. The normalized spacial score (nSPS) is 44.6. The standard InChI is InChI=1S/C24H33NO4/c1-13(2)10-18-22-16(5)15(4)12-17-11-14(3)6-7-19-20(28-19)8-9-21(26)29-24(17,22)23(27)25-18/h8-9,11-13,16-20,22H,6-7,10H2,1-5H3,(H,25,27)/b9-8+,14-11+/t16-,17-,18-,19-,20+,22-,24+/m0/s1. The Kier molecular flexibility index (Phi) is 5.22. The molecule has 1 spiro atoms. The van der Waals surface area contributed by atoms with Crippen LogP contribution >= 0.6 is 0 Å². The first kappa shape index (κ1) is 20.4. The zero-order valence-electron chi connectivity index (χ0n) is 18.1. The maximum absolute atomic E-state index is 13.5. The number of amides is 1. The molecule has 0 aromatic heterocycles. The predicted octanol–water partition coefficient (Wildman–Crippen LogP) is 3.71. The molecule has 3 heterocycles. The number of hydrogen-bond acceptors (Lipinski definition) is 4. The van der Waals surface area contributed by atoms with Crippen LogP contribution in [-0.4, -0.2) is 35.7 Å². The van der Waals surface area contributed by atoms with Crippen LogP contribution in [0.3, 0.4) is 0 Å². The molecule has 5 heteroatoms. The maximum atomic E-state index is 13.5. The van der Waals surface area contributed by atoms with Gasteiger partial charge >= 0.3 is 5.97 Å². The second-order valence-electron chi connectivity index (χ2n) is 9.72. The molecule has 1 aliphatic carbocycles. The Hall–Kier alpha value is -1.88. The van der Waals surface area contributed by atoms with Crippen molar-refractivity contribution in [2.75, 3.05) is 0 Å². The Morgan fingerprint density at radius 3 is 2.72 bits per heavy atom. The van der Waals surface area contributed by atoms with Crippen molar-refractivity contribution in [3.63, 3.8) is 0 Å². The van der Waals surface area contributed by atoms with Crippen LogP contribution in [0, 0.1) is 23.7 Å². The molecule has 158 valence electrons. The van der Waals surface area contributed by atoms with Crippen LogP contribution in [0.5, 0.6) is 0 Å². The smallest absolute Gasteiger partial charge is 0.331 e. The quantitative estimate of drug-likeness (QED) is 0.437. The van der Waals surface area contributed by atoms with Gasteiger partial charge in [-0.2, -0.15) is 0 Å². The molecule has 0 radical (unpaired) electrons. The van der Waals surface area contributed by atoms with Gasteiger partial charge in [-0.3, -0.25) is 4.79 Å². The average molecular weight is 400 g/mol. The third kappa shape index (κ3) is 3.58. The molecule has 1 N–H and O–H groups in total. The summed E-state index contributed by atoms with van der Waals surface area (Å²) < 4.78 is 11.7. The van der Waals surface area contributed by atoms with E-state index in [9.17, 15) is 9.59 Å². The number of rotatable bonds is 2. The molecule has 3 aliphatic heterocycles. The highest BCUT2D eigenvalue weighted by molar-refractivity contribution is 5.94. The molecule has 2 saturated heterocycles. The van der Waals surface area contributed by atoms with Crippen LogP contribution in [0.4, 0.5) is 0 Å². The van der Waals surface area contributed by atoms with Crippen molar-refractivity contribution in [2.24, 2.45) is 23.7 Å². The second kappa shape index (κ2) is 7.42. The van der Waals surface area contributed by atoms with Gasteiger partial charge in [0, 0.05) is 24.0 Å². The van der Waals surface area contributed by atoms with Gasteiger partial charge in [0.1, 0.15) is 6.10 Å². The maximum Gasteiger partial charge on any atom is 0.331 e. The minimum Gasteiger partial charge on any atom is -0.444 e. The molecule has 2 fully saturated rings. The summed E-state index contributed by atoms with van der Waals surface area (Å²) in [5, 5.41) is 3.21. The molecule has 0 aromatic rings. The largest absolute Gasteiger partial charge is 0.444 e. The summed E-state index contributed by atoms with van der Waals surface area (Å²) >= 11 is 0. The van der Waals surface area contributed by atoms with Crippen LogP contribution in [-0.2, 0) is 19.1 Å². The van der Waals surface area contributed by atoms with Crippen LogP contribution in [0.2, 0.25) is 0 Å². The lowest BCUT2D eigenvalue weighted by atomic mass is 9.63. The van der Waals surface area contributed by atoms with Crippen molar-refractivity contribution in [3.05, 3.63) is 35.5 Å². The summed E-state index contributed by atoms with van der Waals surface area (Å²) in [4.78, 5) is 26.3. The summed E-state index contributed by atoms with van der Waals surface area (Å²) in [5.74, 6) is -0.354. The molecule has 29 heavy (non-hydrogen) atoms. The van der Waals surface area contributed by atoms with E-state index in [2.05, 4.69) is 52.1 Å². The lowest BCUT2D eigenvalue weighted by Gasteiger charge is -2.44. The number of fused-ring (bicyclic) bond motifs is 1. The van der Waals surface area contributed by atoms with Gasteiger partial charge in [-0.1, -0.05) is 44.1 Å². The van der Waals surface area contributed by atoms with Crippen molar-refractivity contribution in [1.29, 1.82) is 0 Å². The van der Waals surface area contributed by atoms with E-state index in [1.54, 1.807) is 6.08 Å². The Morgan fingerprint density at radius 1 is 1.24 bits per heavy atom. The SMILES string of the molecule is CC1=C[C@@H]2/C=C(\C)CC[C@@H]3O[C@@H]3/C=C/C(=O)O[C@]23C(=O)N[C@@H](CC(C)C)[C@@H]3[C@H]1C. The average Bonchev–Trinajstić information content (AvgIpc) is 3.33. The van der Waals surface area contributed by atoms with E-state index in [0.717, 1.165) is 19.3 Å². The number of esters is 1. The highest BCUT2D eigenvalue weighted by Crippen LogP contribution is 2.51. The number of ether oxygens (including phenoxy) is 2. The highest BCUT2D eigenvalue weighted by atomic mass is 16.6. The number of carbonyl (C=O) groups excluding carboxylic acids is 2. The third-order valence-electron chi connectivity index (χ3n) is 7.12. The molecule has 4 aliphatic rings. The molecular weight excluding hydrogens is 366 g/mol. The summed E-state index contributed by atoms with van der Waals surface area (Å²) in [7, 11) is 0. The van der Waals surface area contributed by atoms with Gasteiger partial charge in [0.25, 0.3) is 5.91 Å². The van der Waals surface area contributed by atoms with Crippen molar-refractivity contribution < 1.29 is 19.1 Å². The number of nitrogens with one attached hydrogen (secondary N) is 1. The summed E-state index contributed by atoms with van der Waals surface area (Å²) in [6.45, 7) is 10.7. The first-order chi connectivity index (χ1) is 13.7. The van der Waals surface area contributed by atoms with E-state index >= 15 is 0 Å². The molecule has 5 nitrogen and oxygen atoms in total. The van der Waals surface area contributed by atoms with Crippen LogP contribution < -0.4 is 5.32 Å². The monoisotopic (exact) mass is 399 g/mol. The minimum absolute atomic E-state index is 0.00168. The van der Waals surface area contributed by atoms with E-state index < -0.39 is 11.6 Å². The highest BCUT2D eigenvalue weighted by Gasteiger charge is 2.64. The van der Waals surface area contributed by atoms with Crippen molar-refractivity contribution in [1.82, 2.24) is 5.32 Å². The van der Waals surface area contributed by atoms with Gasteiger partial charge in [0.2, 0.25) is 5.60 Å². The molecule has 1 amide bonds. The number of hydrogen-bond donors (Lipinski definition) is 1. The molecule has 0 saturated carbocycles. The lowest BCUT2D eigenvalue weighted by molar-refractivity contribution is -0.172. The number of allylic oxidation sites excluding steroid dienone is 2. The number of epoxide rings is 1. The van der Waals surface area contributed by atoms with E-state index in [1.807, 2.05) is 0 Å². The summed E-state index contributed by atoms with van der Waals surface area (Å²) in [5.41, 5.74) is 1.28. The Labute approximate surface area is 173 Å². The van der Waals surface area contributed by atoms with Crippen LogP contribution in [0.15, 0.2) is 35.5 Å². The third-order valence-corrected chi connectivity index (χ3v) is 7.12. The van der Waals surface area contributed by atoms with Crippen molar-refractivity contribution >= 4 is 11.9 Å². The molecule has 4 rings (SSSR count). The first-order valence-corrected chi connectivity index (χ1v) is 11.0. The second-order valence-corrected chi connectivity index (χ2v) is 9.72. The first-order valence-electron chi connectivity index (χ1n) is 11.0. The Bertz CT molecular complexity index is 795. The van der Waals surface area contributed by atoms with Crippen LogP contribution in [0.25, 0.3) is 0 Å². The van der Waals surface area contributed by atoms with Gasteiger partial charge in [-0.25, -0.2) is 4.79 Å². The van der Waals surface area contributed by atoms with E-state index in [1.165, 1.54) is 17.2 Å². The fourth-order valence-corrected chi connectivity index (χ4v) is 5.52. The van der Waals surface area contributed by atoms with Crippen molar-refractivity contribution in [2.45, 2.75) is 77.7 Å². The molecule has 0 aromatic carbocycles. The van der Waals surface area contributed by atoms with Gasteiger partial charge in [-0.15, -0.1) is 0 Å².